The lowest BCUT2D eigenvalue weighted by molar-refractivity contribution is 0.0635. The summed E-state index contributed by atoms with van der Waals surface area (Å²) in [5, 5.41) is 17.0. The van der Waals surface area contributed by atoms with Crippen molar-refractivity contribution in [1.82, 2.24) is 20.2 Å². The summed E-state index contributed by atoms with van der Waals surface area (Å²) in [4.78, 5) is 13.3. The molecule has 8 heteroatoms. The molecule has 5 aromatic carbocycles. The van der Waals surface area contributed by atoms with Gasteiger partial charge >= 0.3 is 6.09 Å². The van der Waals surface area contributed by atoms with Crippen molar-refractivity contribution in [3.63, 3.8) is 0 Å². The average Bonchev–Trinajstić information content (AvgIpc) is 3.92. The number of nitrogens with one attached hydrogen (secondary N) is 1. The largest absolute Gasteiger partial charge is 0.491 e. The molecule has 2 aliphatic rings. The van der Waals surface area contributed by atoms with Gasteiger partial charge in [-0.2, -0.15) is 0 Å². The molecule has 1 unspecified atom stereocenters. The van der Waals surface area contributed by atoms with Crippen molar-refractivity contribution >= 4 is 11.8 Å². The van der Waals surface area contributed by atoms with E-state index in [2.05, 4.69) is 102 Å². The van der Waals surface area contributed by atoms with E-state index in [4.69, 9.17) is 19.8 Å². The number of ether oxygens (including phenoxy) is 2. The van der Waals surface area contributed by atoms with E-state index in [1.807, 2.05) is 61.9 Å². The van der Waals surface area contributed by atoms with E-state index in [0.29, 0.717) is 30.0 Å². The molecule has 0 bridgehead atoms. The van der Waals surface area contributed by atoms with E-state index in [-0.39, 0.29) is 0 Å². The van der Waals surface area contributed by atoms with Gasteiger partial charge in [0, 0.05) is 11.1 Å². The minimum absolute atomic E-state index is 0.344. The molecule has 1 fully saturated rings. The van der Waals surface area contributed by atoms with Crippen LogP contribution >= 0.6 is 0 Å². The average molecular weight is 690 g/mol. The first-order valence-corrected chi connectivity index (χ1v) is 18.2. The summed E-state index contributed by atoms with van der Waals surface area (Å²) >= 11 is 0. The first-order chi connectivity index (χ1) is 25.3. The second kappa shape index (κ2) is 13.8. The highest BCUT2D eigenvalue weighted by Gasteiger charge is 2.42. The Kier molecular flexibility index (Phi) is 8.83. The van der Waals surface area contributed by atoms with E-state index >= 15 is 0 Å². The molecule has 2 heterocycles. The van der Waals surface area contributed by atoms with Crippen LogP contribution in [0.25, 0.3) is 22.5 Å². The zero-order valence-corrected chi connectivity index (χ0v) is 29.8. The second-order valence-electron chi connectivity index (χ2n) is 14.8. The van der Waals surface area contributed by atoms with Crippen LogP contribution in [0.4, 0.5) is 10.5 Å². The van der Waals surface area contributed by atoms with Gasteiger partial charge in [-0.15, -0.1) is 5.10 Å². The lowest BCUT2D eigenvalue weighted by Crippen LogP contribution is -2.39. The number of hydrogen-bond acceptors (Lipinski definition) is 6. The molecule has 8 rings (SSSR count). The Balaban J connectivity index is 1.35. The number of carbonyl (C=O) groups is 1. The van der Waals surface area contributed by atoms with Crippen molar-refractivity contribution < 1.29 is 14.3 Å². The van der Waals surface area contributed by atoms with Crippen LogP contribution in [0.3, 0.4) is 0 Å². The van der Waals surface area contributed by atoms with Crippen LogP contribution in [0.2, 0.25) is 0 Å². The molecular weight excluding hydrogens is 647 g/mol. The van der Waals surface area contributed by atoms with Crippen molar-refractivity contribution in [3.8, 4) is 28.3 Å². The van der Waals surface area contributed by atoms with Crippen LogP contribution in [0.5, 0.6) is 5.75 Å². The number of tetrazole rings is 1. The van der Waals surface area contributed by atoms with Crippen molar-refractivity contribution in [1.29, 1.82) is 0 Å². The number of carbonyl (C=O) groups excluding carboxylic acids is 1. The highest BCUT2D eigenvalue weighted by molar-refractivity contribution is 5.91. The van der Waals surface area contributed by atoms with Gasteiger partial charge in [0.05, 0.1) is 12.3 Å². The summed E-state index contributed by atoms with van der Waals surface area (Å²) in [5.74, 6) is 2.30. The van der Waals surface area contributed by atoms with Gasteiger partial charge < -0.3 is 9.47 Å². The summed E-state index contributed by atoms with van der Waals surface area (Å²) in [7, 11) is 0. The summed E-state index contributed by atoms with van der Waals surface area (Å²) < 4.78 is 14.1. The summed E-state index contributed by atoms with van der Waals surface area (Å²) in [5.41, 5.74) is 6.00. The number of rotatable bonds is 8. The minimum Gasteiger partial charge on any atom is -0.491 e. The van der Waals surface area contributed by atoms with E-state index < -0.39 is 17.2 Å². The molecule has 262 valence electrons. The number of amides is 1. The molecule has 1 saturated carbocycles. The summed E-state index contributed by atoms with van der Waals surface area (Å²) in [6.45, 7) is 6.20. The monoisotopic (exact) mass is 689 g/mol. The first kappa shape index (κ1) is 33.4. The Labute approximate surface area is 304 Å². The van der Waals surface area contributed by atoms with Gasteiger partial charge in [-0.1, -0.05) is 115 Å². The lowest BCUT2D eigenvalue weighted by atomic mass is 9.77. The molecule has 1 aliphatic heterocycles. The lowest BCUT2D eigenvalue weighted by Gasteiger charge is -2.36. The minimum atomic E-state index is -0.905. The molecule has 8 nitrogen and oxygen atoms in total. The van der Waals surface area contributed by atoms with Crippen molar-refractivity contribution in [2.45, 2.75) is 63.5 Å². The van der Waals surface area contributed by atoms with Crippen molar-refractivity contribution in [2.75, 3.05) is 11.9 Å². The Hall–Kier alpha value is -5.76. The molecule has 1 aliphatic carbocycles. The molecule has 0 radical (unpaired) electrons. The number of fused-ring (bicyclic) bond motifs is 1. The number of nitrogens with zero attached hydrogens (tertiary/aromatic N) is 4. The standard InChI is InChI=1S/C44H43N5O3/c1-43(2,3)52-42(50)45-39-29-31(28-38-35(30-25-26-30)24-15-27-51-40(38)39)36-22-13-14-23-37(36)41-46-47-48-49(41)44(32-16-7-4-8-17-32,33-18-9-5-10-19-33)34-20-11-6-12-21-34/h4-14,16-23,28-30,35H,15,24-27H2,1-3H3,(H,45,50). The molecule has 1 N–H and O–H groups in total. The van der Waals surface area contributed by atoms with E-state index in [0.717, 1.165) is 57.5 Å². The van der Waals surface area contributed by atoms with Gasteiger partial charge in [-0.05, 0) is 109 Å². The third-order valence-corrected chi connectivity index (χ3v) is 10.1. The highest BCUT2D eigenvalue weighted by atomic mass is 16.6. The Morgan fingerprint density at radius 2 is 1.35 bits per heavy atom. The smallest absolute Gasteiger partial charge is 0.412 e. The Bertz CT molecular complexity index is 2080. The highest BCUT2D eigenvalue weighted by Crippen LogP contribution is 2.52. The molecule has 1 amide bonds. The van der Waals surface area contributed by atoms with Crippen LogP contribution in [0, 0.1) is 5.92 Å². The topological polar surface area (TPSA) is 91.2 Å². The Morgan fingerprint density at radius 1 is 0.769 bits per heavy atom. The fraction of sp³-hybridized carbons (Fsp3) is 0.273. The SMILES string of the molecule is CC(C)(C)OC(=O)Nc1cc(-c2ccccc2-c2nnnn2C(c2ccccc2)(c2ccccc2)c2ccccc2)cc2c1OCCCC2C1CC1. The number of hydrogen-bond donors (Lipinski definition) is 1. The number of benzene rings is 5. The van der Waals surface area contributed by atoms with Gasteiger partial charge in [0.25, 0.3) is 0 Å². The zero-order valence-electron chi connectivity index (χ0n) is 29.8. The fourth-order valence-electron chi connectivity index (χ4n) is 7.79. The van der Waals surface area contributed by atoms with E-state index in [9.17, 15) is 4.79 Å². The van der Waals surface area contributed by atoms with Gasteiger partial charge in [0.1, 0.15) is 16.9 Å². The predicted molar refractivity (Wildman–Crippen MR) is 203 cm³/mol. The molecule has 6 aromatic rings. The summed E-state index contributed by atoms with van der Waals surface area (Å²) in [6.07, 6.45) is 3.89. The molecule has 0 spiro atoms. The maximum atomic E-state index is 13.3. The van der Waals surface area contributed by atoms with Gasteiger partial charge in [0.15, 0.2) is 5.82 Å². The molecule has 1 aromatic heterocycles. The van der Waals surface area contributed by atoms with Gasteiger partial charge in [-0.25, -0.2) is 9.48 Å². The van der Waals surface area contributed by atoms with Crippen LogP contribution < -0.4 is 10.1 Å². The van der Waals surface area contributed by atoms with Crippen molar-refractivity contribution in [3.05, 3.63) is 150 Å². The second-order valence-corrected chi connectivity index (χ2v) is 14.8. The molecule has 0 saturated heterocycles. The van der Waals surface area contributed by atoms with Crippen LogP contribution in [-0.2, 0) is 10.3 Å². The predicted octanol–water partition coefficient (Wildman–Crippen LogP) is 9.86. The van der Waals surface area contributed by atoms with Crippen LogP contribution in [-0.4, -0.2) is 38.5 Å². The summed E-state index contributed by atoms with van der Waals surface area (Å²) in [6, 6.07) is 43.7. The zero-order chi connectivity index (χ0) is 35.7. The Morgan fingerprint density at radius 3 is 1.92 bits per heavy atom. The van der Waals surface area contributed by atoms with Crippen molar-refractivity contribution in [2.24, 2.45) is 5.92 Å². The third kappa shape index (κ3) is 6.34. The van der Waals surface area contributed by atoms with Gasteiger partial charge in [0.2, 0.25) is 0 Å². The first-order valence-electron chi connectivity index (χ1n) is 18.2. The van der Waals surface area contributed by atoms with E-state index in [1.165, 1.54) is 12.8 Å². The van der Waals surface area contributed by atoms with Crippen LogP contribution in [0.1, 0.15) is 74.6 Å². The van der Waals surface area contributed by atoms with E-state index in [1.54, 1.807) is 0 Å². The number of aromatic nitrogens is 4. The molecule has 1 atom stereocenters. The molecular formula is C44H43N5O3. The van der Waals surface area contributed by atoms with Crippen LogP contribution in [0.15, 0.2) is 127 Å². The van der Waals surface area contributed by atoms with Gasteiger partial charge in [-0.3, -0.25) is 5.32 Å². The maximum Gasteiger partial charge on any atom is 0.412 e. The normalized spacial score (nSPS) is 15.9. The molecule has 52 heavy (non-hydrogen) atoms. The third-order valence-electron chi connectivity index (χ3n) is 10.1. The fourth-order valence-corrected chi connectivity index (χ4v) is 7.79. The quantitative estimate of drug-likeness (QED) is 0.160. The number of anilines is 1. The maximum absolute atomic E-state index is 13.3.